The number of hydrogen-bond donors (Lipinski definition) is 1. The van der Waals surface area contributed by atoms with Gasteiger partial charge in [-0.1, -0.05) is 49.2 Å². The minimum atomic E-state index is -1.02. The lowest BCUT2D eigenvalue weighted by atomic mass is 9.69. The van der Waals surface area contributed by atoms with Crippen molar-refractivity contribution >= 4 is 26.7 Å². The van der Waals surface area contributed by atoms with Crippen LogP contribution < -0.4 is 5.73 Å². The summed E-state index contributed by atoms with van der Waals surface area (Å²) in [7, 11) is -1.02. The minimum Gasteiger partial charge on any atom is -0.327 e. The van der Waals surface area contributed by atoms with Crippen LogP contribution in [-0.4, -0.2) is 15.5 Å². The Hall–Kier alpha value is -0.190. The molecule has 0 aromatic heterocycles. The van der Waals surface area contributed by atoms with E-state index in [2.05, 4.69) is 36.7 Å². The van der Waals surface area contributed by atoms with E-state index >= 15 is 0 Å². The van der Waals surface area contributed by atoms with E-state index in [0.29, 0.717) is 11.3 Å². The van der Waals surface area contributed by atoms with Crippen molar-refractivity contribution in [1.29, 1.82) is 0 Å². The van der Waals surface area contributed by atoms with Crippen LogP contribution in [0.5, 0.6) is 0 Å². The maximum absolute atomic E-state index is 12.9. The lowest BCUT2D eigenvalue weighted by Crippen LogP contribution is -2.45. The summed E-state index contributed by atoms with van der Waals surface area (Å²) in [5.74, 6) is 0.614. The first-order chi connectivity index (χ1) is 9.85. The highest BCUT2D eigenvalue weighted by atomic mass is 79.9. The van der Waals surface area contributed by atoms with Crippen LogP contribution >= 0.6 is 15.9 Å². The molecule has 0 heterocycles. The molecule has 4 heteroatoms. The van der Waals surface area contributed by atoms with Crippen LogP contribution in [0.3, 0.4) is 0 Å². The maximum atomic E-state index is 12.9. The standard InChI is InChI=1S/C17H26BrNOS/c1-4-17(2,3)12-8-9-15(19)16(10-12)21(20)14-7-5-6-13(18)11-14/h5-7,11-12,15-16H,4,8-10,19H2,1-3H3. The minimum absolute atomic E-state index is 0.0497. The molecular formula is C17H26BrNOS. The van der Waals surface area contributed by atoms with Crippen molar-refractivity contribution in [3.05, 3.63) is 28.7 Å². The van der Waals surface area contributed by atoms with Gasteiger partial charge in [-0.2, -0.15) is 0 Å². The van der Waals surface area contributed by atoms with Crippen molar-refractivity contribution < 1.29 is 4.21 Å². The van der Waals surface area contributed by atoms with Crippen LogP contribution in [0.4, 0.5) is 0 Å². The van der Waals surface area contributed by atoms with E-state index in [1.807, 2.05) is 24.3 Å². The monoisotopic (exact) mass is 371 g/mol. The molecule has 0 bridgehead atoms. The predicted molar refractivity (Wildman–Crippen MR) is 93.7 cm³/mol. The third-order valence-electron chi connectivity index (χ3n) is 5.16. The molecular weight excluding hydrogens is 346 g/mol. The average molecular weight is 372 g/mol. The quantitative estimate of drug-likeness (QED) is 0.846. The van der Waals surface area contributed by atoms with Crippen LogP contribution in [0.2, 0.25) is 0 Å². The first-order valence-corrected chi connectivity index (χ1v) is 9.77. The topological polar surface area (TPSA) is 43.1 Å². The van der Waals surface area contributed by atoms with E-state index in [9.17, 15) is 4.21 Å². The second-order valence-electron chi connectivity index (χ2n) is 6.81. The molecule has 118 valence electrons. The Morgan fingerprint density at radius 1 is 1.38 bits per heavy atom. The fourth-order valence-electron chi connectivity index (χ4n) is 3.16. The van der Waals surface area contributed by atoms with Crippen molar-refractivity contribution in [3.63, 3.8) is 0 Å². The van der Waals surface area contributed by atoms with Gasteiger partial charge >= 0.3 is 0 Å². The molecule has 1 saturated carbocycles. The van der Waals surface area contributed by atoms with Gasteiger partial charge in [-0.3, -0.25) is 4.21 Å². The molecule has 21 heavy (non-hydrogen) atoms. The summed E-state index contributed by atoms with van der Waals surface area (Å²) >= 11 is 3.46. The molecule has 1 fully saturated rings. The molecule has 2 rings (SSSR count). The molecule has 0 radical (unpaired) electrons. The zero-order valence-electron chi connectivity index (χ0n) is 13.1. The third-order valence-corrected chi connectivity index (χ3v) is 7.47. The molecule has 2 nitrogen and oxygen atoms in total. The van der Waals surface area contributed by atoms with Crippen molar-refractivity contribution in [3.8, 4) is 0 Å². The Kier molecular flexibility index (Phi) is 5.66. The fraction of sp³-hybridized carbons (Fsp3) is 0.647. The van der Waals surface area contributed by atoms with Gasteiger partial charge in [0.25, 0.3) is 0 Å². The molecule has 2 N–H and O–H groups in total. The van der Waals surface area contributed by atoms with Gasteiger partial charge in [-0.15, -0.1) is 0 Å². The van der Waals surface area contributed by atoms with E-state index < -0.39 is 10.8 Å². The highest BCUT2D eigenvalue weighted by molar-refractivity contribution is 9.10. The Labute approximate surface area is 139 Å². The van der Waals surface area contributed by atoms with Gasteiger partial charge in [0.1, 0.15) is 0 Å². The van der Waals surface area contributed by atoms with Crippen LogP contribution in [0.25, 0.3) is 0 Å². The molecule has 4 unspecified atom stereocenters. The van der Waals surface area contributed by atoms with E-state index in [1.54, 1.807) is 0 Å². The van der Waals surface area contributed by atoms with E-state index in [-0.39, 0.29) is 11.3 Å². The number of rotatable bonds is 4. The summed E-state index contributed by atoms with van der Waals surface area (Å²) in [6.45, 7) is 6.90. The summed E-state index contributed by atoms with van der Waals surface area (Å²) in [6.07, 6.45) is 4.27. The Balaban J connectivity index is 2.19. The third kappa shape index (κ3) is 3.96. The molecule has 0 saturated heterocycles. The number of nitrogens with two attached hydrogens (primary N) is 1. The van der Waals surface area contributed by atoms with Gasteiger partial charge in [0.05, 0.1) is 16.0 Å². The number of halogens is 1. The van der Waals surface area contributed by atoms with Crippen molar-refractivity contribution in [2.75, 3.05) is 0 Å². The Morgan fingerprint density at radius 2 is 2.10 bits per heavy atom. The maximum Gasteiger partial charge on any atom is 0.0577 e. The molecule has 0 spiro atoms. The van der Waals surface area contributed by atoms with Crippen molar-refractivity contribution in [2.24, 2.45) is 17.1 Å². The van der Waals surface area contributed by atoms with E-state index in [0.717, 1.165) is 35.1 Å². The van der Waals surface area contributed by atoms with Gasteiger partial charge in [0, 0.05) is 15.4 Å². The van der Waals surface area contributed by atoms with Crippen LogP contribution in [0.15, 0.2) is 33.6 Å². The highest BCUT2D eigenvalue weighted by Crippen LogP contribution is 2.42. The summed E-state index contributed by atoms with van der Waals surface area (Å²) in [4.78, 5) is 0.889. The zero-order valence-corrected chi connectivity index (χ0v) is 15.5. The normalized spacial score (nSPS) is 28.3. The molecule has 0 aliphatic heterocycles. The first-order valence-electron chi connectivity index (χ1n) is 7.77. The summed E-state index contributed by atoms with van der Waals surface area (Å²) in [5, 5.41) is 0.0730. The molecule has 4 atom stereocenters. The van der Waals surface area contributed by atoms with Gasteiger partial charge in [0.15, 0.2) is 0 Å². The van der Waals surface area contributed by atoms with Crippen LogP contribution in [-0.2, 0) is 10.8 Å². The second-order valence-corrected chi connectivity index (χ2v) is 9.40. The zero-order chi connectivity index (χ0) is 15.6. The van der Waals surface area contributed by atoms with Gasteiger partial charge in [-0.25, -0.2) is 0 Å². The number of benzene rings is 1. The van der Waals surface area contributed by atoms with Gasteiger partial charge in [-0.05, 0) is 48.8 Å². The SMILES string of the molecule is CCC(C)(C)C1CCC(N)C(S(=O)c2cccc(Br)c2)C1. The molecule has 0 amide bonds. The van der Waals surface area contributed by atoms with Gasteiger partial charge in [0.2, 0.25) is 0 Å². The predicted octanol–water partition coefficient (Wildman–Crippen LogP) is 4.49. The largest absolute Gasteiger partial charge is 0.327 e. The molecule has 1 aliphatic carbocycles. The lowest BCUT2D eigenvalue weighted by molar-refractivity contribution is 0.147. The Morgan fingerprint density at radius 3 is 2.71 bits per heavy atom. The lowest BCUT2D eigenvalue weighted by Gasteiger charge is -2.41. The first kappa shape index (κ1) is 17.2. The van der Waals surface area contributed by atoms with Crippen molar-refractivity contribution in [2.45, 2.75) is 62.6 Å². The summed E-state index contributed by atoms with van der Waals surface area (Å²) in [6, 6.07) is 7.86. The molecule has 1 aliphatic rings. The second kappa shape index (κ2) is 6.93. The average Bonchev–Trinajstić information content (AvgIpc) is 2.47. The smallest absolute Gasteiger partial charge is 0.0577 e. The van der Waals surface area contributed by atoms with Gasteiger partial charge < -0.3 is 5.73 Å². The van der Waals surface area contributed by atoms with E-state index in [1.165, 1.54) is 0 Å². The summed E-state index contributed by atoms with van der Waals surface area (Å²) in [5.41, 5.74) is 6.60. The Bertz CT molecular complexity index is 517. The van der Waals surface area contributed by atoms with Crippen LogP contribution in [0.1, 0.15) is 46.5 Å². The van der Waals surface area contributed by atoms with E-state index in [4.69, 9.17) is 5.73 Å². The van der Waals surface area contributed by atoms with Crippen molar-refractivity contribution in [1.82, 2.24) is 0 Å². The van der Waals surface area contributed by atoms with Crippen LogP contribution in [0, 0.1) is 11.3 Å². The fourth-order valence-corrected chi connectivity index (χ4v) is 5.38. The molecule has 1 aromatic carbocycles. The number of hydrogen-bond acceptors (Lipinski definition) is 2. The summed E-state index contributed by atoms with van der Waals surface area (Å²) < 4.78 is 13.9. The molecule has 1 aromatic rings. The highest BCUT2D eigenvalue weighted by Gasteiger charge is 2.38.